The van der Waals surface area contributed by atoms with Crippen molar-refractivity contribution in [2.24, 2.45) is 0 Å². The lowest BCUT2D eigenvalue weighted by Crippen LogP contribution is -2.16. The standard InChI is InChI=1S/C26H34N4/c1-4-7-18-29-23-16-11-9-14-21(23)27-25(29)20(13-6-3)26-28-22-15-10-12-17-24(22)30(26)19-8-5-2/h9-12,14-17,20H,4-8,13,18-19H2,1-3H3. The Morgan fingerprint density at radius 3 is 1.57 bits per heavy atom. The van der Waals surface area contributed by atoms with E-state index in [4.69, 9.17) is 9.97 Å². The van der Waals surface area contributed by atoms with Crippen molar-refractivity contribution in [1.29, 1.82) is 0 Å². The lowest BCUT2D eigenvalue weighted by Gasteiger charge is -2.20. The Morgan fingerprint density at radius 1 is 0.667 bits per heavy atom. The number of imidazole rings is 2. The molecule has 4 rings (SSSR count). The number of aromatic nitrogens is 4. The minimum Gasteiger partial charge on any atom is -0.327 e. The molecule has 0 saturated heterocycles. The van der Waals surface area contributed by atoms with Gasteiger partial charge in [-0.2, -0.15) is 0 Å². The summed E-state index contributed by atoms with van der Waals surface area (Å²) in [5.41, 5.74) is 4.69. The number of hydrogen-bond donors (Lipinski definition) is 0. The summed E-state index contributed by atoms with van der Waals surface area (Å²) in [6.07, 6.45) is 6.86. The normalized spacial score (nSPS) is 11.9. The summed E-state index contributed by atoms with van der Waals surface area (Å²) in [6, 6.07) is 17.1. The number of rotatable bonds is 10. The Bertz CT molecular complexity index is 1020. The molecule has 0 aliphatic rings. The monoisotopic (exact) mass is 402 g/mol. The minimum absolute atomic E-state index is 0.212. The molecule has 4 heteroatoms. The van der Waals surface area contributed by atoms with E-state index in [2.05, 4.69) is 78.4 Å². The first-order chi connectivity index (χ1) is 14.8. The highest BCUT2D eigenvalue weighted by Crippen LogP contribution is 2.33. The smallest absolute Gasteiger partial charge is 0.120 e. The van der Waals surface area contributed by atoms with Gasteiger partial charge in [0, 0.05) is 13.1 Å². The van der Waals surface area contributed by atoms with Gasteiger partial charge in [0.15, 0.2) is 0 Å². The topological polar surface area (TPSA) is 35.6 Å². The molecule has 0 radical (unpaired) electrons. The van der Waals surface area contributed by atoms with Crippen LogP contribution in [0.4, 0.5) is 0 Å². The first-order valence-electron chi connectivity index (χ1n) is 11.7. The molecule has 0 saturated carbocycles. The van der Waals surface area contributed by atoms with Crippen molar-refractivity contribution in [3.8, 4) is 0 Å². The van der Waals surface area contributed by atoms with Crippen LogP contribution in [0.15, 0.2) is 48.5 Å². The molecule has 0 aliphatic carbocycles. The van der Waals surface area contributed by atoms with Gasteiger partial charge < -0.3 is 9.13 Å². The van der Waals surface area contributed by atoms with E-state index in [1.54, 1.807) is 0 Å². The minimum atomic E-state index is 0.212. The summed E-state index contributed by atoms with van der Waals surface area (Å²) < 4.78 is 4.92. The number of benzene rings is 2. The zero-order chi connectivity index (χ0) is 20.9. The first kappa shape index (κ1) is 20.6. The maximum atomic E-state index is 5.16. The fraction of sp³-hybridized carbons (Fsp3) is 0.462. The third-order valence-electron chi connectivity index (χ3n) is 6.04. The van der Waals surface area contributed by atoms with E-state index in [0.717, 1.165) is 37.0 Å². The first-order valence-corrected chi connectivity index (χ1v) is 11.7. The van der Waals surface area contributed by atoms with Crippen molar-refractivity contribution in [3.05, 3.63) is 60.2 Å². The van der Waals surface area contributed by atoms with Crippen LogP contribution in [-0.2, 0) is 13.1 Å². The van der Waals surface area contributed by atoms with Crippen LogP contribution in [0.1, 0.15) is 76.9 Å². The molecule has 0 bridgehead atoms. The molecule has 0 fully saturated rings. The number of nitrogens with zero attached hydrogens (tertiary/aromatic N) is 4. The van der Waals surface area contributed by atoms with Gasteiger partial charge >= 0.3 is 0 Å². The molecule has 0 atom stereocenters. The molecule has 158 valence electrons. The van der Waals surface area contributed by atoms with Crippen LogP contribution in [0, 0.1) is 0 Å². The van der Waals surface area contributed by atoms with Gasteiger partial charge in [0.05, 0.1) is 28.0 Å². The van der Waals surface area contributed by atoms with Gasteiger partial charge in [0.1, 0.15) is 11.6 Å². The lowest BCUT2D eigenvalue weighted by atomic mass is 10.0. The zero-order valence-corrected chi connectivity index (χ0v) is 18.6. The van der Waals surface area contributed by atoms with Gasteiger partial charge in [-0.15, -0.1) is 0 Å². The highest BCUT2D eigenvalue weighted by molar-refractivity contribution is 5.77. The second-order valence-electron chi connectivity index (χ2n) is 8.27. The molecule has 2 heterocycles. The average molecular weight is 403 g/mol. The highest BCUT2D eigenvalue weighted by atomic mass is 15.1. The fourth-order valence-electron chi connectivity index (χ4n) is 4.49. The molecule has 0 N–H and O–H groups in total. The summed E-state index contributed by atoms with van der Waals surface area (Å²) in [7, 11) is 0. The molecule has 4 aromatic rings. The molecule has 30 heavy (non-hydrogen) atoms. The molecule has 0 aliphatic heterocycles. The van der Waals surface area contributed by atoms with Crippen LogP contribution in [-0.4, -0.2) is 19.1 Å². The summed E-state index contributed by atoms with van der Waals surface area (Å²) in [5.74, 6) is 2.57. The van der Waals surface area contributed by atoms with Crippen LogP contribution in [0.2, 0.25) is 0 Å². The van der Waals surface area contributed by atoms with E-state index < -0.39 is 0 Å². The maximum absolute atomic E-state index is 5.16. The van der Waals surface area contributed by atoms with E-state index in [1.807, 2.05) is 0 Å². The van der Waals surface area contributed by atoms with E-state index in [0.29, 0.717) is 0 Å². The maximum Gasteiger partial charge on any atom is 0.120 e. The Kier molecular flexibility index (Phi) is 6.51. The van der Waals surface area contributed by atoms with E-state index in [9.17, 15) is 0 Å². The largest absolute Gasteiger partial charge is 0.327 e. The molecule has 0 unspecified atom stereocenters. The summed E-state index contributed by atoms with van der Waals surface area (Å²) in [6.45, 7) is 8.81. The van der Waals surface area contributed by atoms with Gasteiger partial charge in [-0.1, -0.05) is 64.3 Å². The highest BCUT2D eigenvalue weighted by Gasteiger charge is 2.26. The number of fused-ring (bicyclic) bond motifs is 2. The quantitative estimate of drug-likeness (QED) is 0.289. The molecule has 0 amide bonds. The summed E-state index contributed by atoms with van der Waals surface area (Å²) in [5, 5.41) is 0. The van der Waals surface area contributed by atoms with Crippen LogP contribution in [0.3, 0.4) is 0 Å². The second kappa shape index (κ2) is 9.46. The van der Waals surface area contributed by atoms with E-state index in [-0.39, 0.29) is 5.92 Å². The Balaban J connectivity index is 1.89. The fourth-order valence-corrected chi connectivity index (χ4v) is 4.49. The molecule has 0 spiro atoms. The lowest BCUT2D eigenvalue weighted by molar-refractivity contribution is 0.526. The van der Waals surface area contributed by atoms with Gasteiger partial charge in [0.25, 0.3) is 0 Å². The van der Waals surface area contributed by atoms with Crippen LogP contribution >= 0.6 is 0 Å². The predicted octanol–water partition coefficient (Wildman–Crippen LogP) is 6.92. The third kappa shape index (κ3) is 3.88. The van der Waals surface area contributed by atoms with Crippen molar-refractivity contribution in [2.75, 3.05) is 0 Å². The predicted molar refractivity (Wildman–Crippen MR) is 126 cm³/mol. The summed E-state index contributed by atoms with van der Waals surface area (Å²) >= 11 is 0. The average Bonchev–Trinajstić information content (AvgIpc) is 3.32. The van der Waals surface area contributed by atoms with Crippen molar-refractivity contribution >= 4 is 22.1 Å². The number of unbranched alkanes of at least 4 members (excludes halogenated alkanes) is 2. The van der Waals surface area contributed by atoms with Gasteiger partial charge in [0.2, 0.25) is 0 Å². The van der Waals surface area contributed by atoms with Crippen LogP contribution in [0.5, 0.6) is 0 Å². The van der Waals surface area contributed by atoms with Crippen LogP contribution < -0.4 is 0 Å². The van der Waals surface area contributed by atoms with Crippen molar-refractivity contribution in [1.82, 2.24) is 19.1 Å². The van der Waals surface area contributed by atoms with Gasteiger partial charge in [-0.3, -0.25) is 0 Å². The number of para-hydroxylation sites is 4. The number of hydrogen-bond acceptors (Lipinski definition) is 2. The Labute approximate surface area is 180 Å². The molecular weight excluding hydrogens is 368 g/mol. The third-order valence-corrected chi connectivity index (χ3v) is 6.04. The zero-order valence-electron chi connectivity index (χ0n) is 18.6. The van der Waals surface area contributed by atoms with Crippen molar-refractivity contribution in [2.45, 2.75) is 78.3 Å². The molecule has 2 aromatic heterocycles. The Morgan fingerprint density at radius 2 is 1.13 bits per heavy atom. The van der Waals surface area contributed by atoms with Gasteiger partial charge in [-0.05, 0) is 43.5 Å². The second-order valence-corrected chi connectivity index (χ2v) is 8.27. The van der Waals surface area contributed by atoms with E-state index in [1.165, 1.54) is 48.4 Å². The van der Waals surface area contributed by atoms with Crippen molar-refractivity contribution < 1.29 is 0 Å². The molecule has 4 nitrogen and oxygen atoms in total. The van der Waals surface area contributed by atoms with Crippen molar-refractivity contribution in [3.63, 3.8) is 0 Å². The molecular formula is C26H34N4. The SMILES string of the molecule is CCCCn1c(C(CCC)c2nc3ccccc3n2CCCC)nc2ccccc21. The summed E-state index contributed by atoms with van der Waals surface area (Å²) in [4.78, 5) is 10.3. The Hall–Kier alpha value is -2.62. The molecule has 2 aromatic carbocycles. The van der Waals surface area contributed by atoms with E-state index >= 15 is 0 Å². The van der Waals surface area contributed by atoms with Gasteiger partial charge in [-0.25, -0.2) is 9.97 Å². The van der Waals surface area contributed by atoms with Crippen LogP contribution in [0.25, 0.3) is 22.1 Å². The number of aryl methyl sites for hydroxylation is 2.